The number of carbonyl (C=O) groups excluding carboxylic acids is 1. The van der Waals surface area contributed by atoms with Gasteiger partial charge in [0.2, 0.25) is 0 Å². The molecule has 0 radical (unpaired) electrons. The minimum atomic E-state index is -0.191. The highest BCUT2D eigenvalue weighted by atomic mass is 16.5. The van der Waals surface area contributed by atoms with Crippen LogP contribution in [-0.2, 0) is 16.0 Å². The quantitative estimate of drug-likeness (QED) is 0.815. The maximum atomic E-state index is 12.9. The van der Waals surface area contributed by atoms with Crippen molar-refractivity contribution in [2.75, 3.05) is 39.9 Å². The Hall–Kier alpha value is -1.43. The van der Waals surface area contributed by atoms with Crippen molar-refractivity contribution in [2.45, 2.75) is 56.8 Å². The van der Waals surface area contributed by atoms with Crippen LogP contribution >= 0.6 is 0 Å². The number of methoxy groups -OCH3 is 1. The molecule has 0 bridgehead atoms. The average Bonchev–Trinajstić information content (AvgIpc) is 3.22. The number of ether oxygens (including phenoxy) is 2. The highest BCUT2D eigenvalue weighted by Crippen LogP contribution is 2.37. The Morgan fingerprint density at radius 3 is 2.48 bits per heavy atom. The first-order chi connectivity index (χ1) is 13.2. The van der Waals surface area contributed by atoms with E-state index in [2.05, 4.69) is 17.0 Å². The summed E-state index contributed by atoms with van der Waals surface area (Å²) in [5.41, 5.74) is 1.90. The minimum Gasteiger partial charge on any atom is -0.378 e. The number of likely N-dealkylation sites (tertiary alicyclic amines) is 2. The van der Waals surface area contributed by atoms with Gasteiger partial charge in [-0.3, -0.25) is 9.69 Å². The molecule has 5 heteroatoms. The first kappa shape index (κ1) is 18.9. The zero-order valence-electron chi connectivity index (χ0n) is 16.5. The van der Waals surface area contributed by atoms with E-state index < -0.39 is 0 Å². The van der Waals surface area contributed by atoms with Gasteiger partial charge in [0, 0.05) is 38.9 Å². The van der Waals surface area contributed by atoms with Crippen LogP contribution in [0.3, 0.4) is 0 Å². The summed E-state index contributed by atoms with van der Waals surface area (Å²) in [5, 5.41) is 0. The third kappa shape index (κ3) is 4.05. The van der Waals surface area contributed by atoms with Crippen LogP contribution in [0.15, 0.2) is 24.3 Å². The predicted octanol–water partition coefficient (Wildman–Crippen LogP) is 3.08. The highest BCUT2D eigenvalue weighted by molar-refractivity contribution is 5.94. The van der Waals surface area contributed by atoms with Crippen LogP contribution in [0, 0.1) is 0 Å². The van der Waals surface area contributed by atoms with Gasteiger partial charge in [0.25, 0.3) is 5.91 Å². The Balaban J connectivity index is 1.34. The van der Waals surface area contributed by atoms with Gasteiger partial charge in [-0.2, -0.15) is 0 Å². The average molecular weight is 373 g/mol. The molecule has 1 spiro atoms. The van der Waals surface area contributed by atoms with Crippen molar-refractivity contribution >= 4 is 5.91 Å². The van der Waals surface area contributed by atoms with Gasteiger partial charge in [0.05, 0.1) is 11.7 Å². The van der Waals surface area contributed by atoms with Crippen LogP contribution in [0.4, 0.5) is 0 Å². The van der Waals surface area contributed by atoms with Crippen molar-refractivity contribution in [2.24, 2.45) is 0 Å². The molecule has 1 unspecified atom stereocenters. The molecule has 0 saturated carbocycles. The predicted molar refractivity (Wildman–Crippen MR) is 105 cm³/mol. The van der Waals surface area contributed by atoms with Crippen LogP contribution < -0.4 is 0 Å². The van der Waals surface area contributed by atoms with Gasteiger partial charge in [-0.1, -0.05) is 12.1 Å². The lowest BCUT2D eigenvalue weighted by molar-refractivity contribution is -0.183. The summed E-state index contributed by atoms with van der Waals surface area (Å²) in [5.74, 6) is 0.141. The topological polar surface area (TPSA) is 42.0 Å². The highest BCUT2D eigenvalue weighted by Gasteiger charge is 2.45. The molecular formula is C22H32N2O3. The van der Waals surface area contributed by atoms with Crippen molar-refractivity contribution in [1.82, 2.24) is 9.80 Å². The first-order valence-corrected chi connectivity index (χ1v) is 10.5. The summed E-state index contributed by atoms with van der Waals surface area (Å²) < 4.78 is 11.9. The van der Waals surface area contributed by atoms with E-state index in [1.165, 1.54) is 31.5 Å². The van der Waals surface area contributed by atoms with Crippen molar-refractivity contribution in [1.29, 1.82) is 0 Å². The van der Waals surface area contributed by atoms with Crippen LogP contribution in [0.25, 0.3) is 0 Å². The molecule has 1 atom stereocenters. The molecule has 3 aliphatic heterocycles. The molecule has 5 nitrogen and oxygen atoms in total. The molecule has 4 rings (SSSR count). The number of rotatable bonds is 4. The maximum Gasteiger partial charge on any atom is 0.253 e. The smallest absolute Gasteiger partial charge is 0.253 e. The number of hydrogen-bond acceptors (Lipinski definition) is 4. The molecule has 1 aromatic carbocycles. The number of nitrogens with zero attached hydrogens (tertiary/aromatic N) is 2. The normalized spacial score (nSPS) is 25.8. The second-order valence-corrected chi connectivity index (χ2v) is 8.25. The fourth-order valence-electron chi connectivity index (χ4n) is 4.92. The summed E-state index contributed by atoms with van der Waals surface area (Å²) in [6.07, 6.45) is 6.62. The van der Waals surface area contributed by atoms with Gasteiger partial charge < -0.3 is 14.4 Å². The van der Waals surface area contributed by atoms with Gasteiger partial charge in [-0.05, 0) is 69.3 Å². The van der Waals surface area contributed by atoms with E-state index in [0.717, 1.165) is 57.5 Å². The largest absolute Gasteiger partial charge is 0.378 e. The molecule has 1 aromatic rings. The van der Waals surface area contributed by atoms with Crippen LogP contribution in [0.5, 0.6) is 0 Å². The van der Waals surface area contributed by atoms with Crippen molar-refractivity contribution < 1.29 is 14.3 Å². The Kier molecular flexibility index (Phi) is 5.81. The lowest BCUT2D eigenvalue weighted by atomic mass is 9.81. The minimum absolute atomic E-state index is 0.141. The van der Waals surface area contributed by atoms with E-state index in [1.807, 2.05) is 17.0 Å². The molecule has 27 heavy (non-hydrogen) atoms. The van der Waals surface area contributed by atoms with Gasteiger partial charge in [0.1, 0.15) is 0 Å². The monoisotopic (exact) mass is 372 g/mol. The van der Waals surface area contributed by atoms with E-state index >= 15 is 0 Å². The molecule has 3 heterocycles. The third-order valence-electron chi connectivity index (χ3n) is 6.57. The van der Waals surface area contributed by atoms with E-state index in [0.29, 0.717) is 0 Å². The second-order valence-electron chi connectivity index (χ2n) is 8.25. The third-order valence-corrected chi connectivity index (χ3v) is 6.57. The zero-order chi connectivity index (χ0) is 18.7. The molecular weight excluding hydrogens is 340 g/mol. The Labute approximate surface area is 162 Å². The molecule has 3 saturated heterocycles. The Morgan fingerprint density at radius 2 is 1.81 bits per heavy atom. The van der Waals surface area contributed by atoms with E-state index in [9.17, 15) is 4.79 Å². The van der Waals surface area contributed by atoms with Crippen LogP contribution in [0.1, 0.15) is 54.4 Å². The lowest BCUT2D eigenvalue weighted by Gasteiger charge is -2.48. The van der Waals surface area contributed by atoms with Crippen LogP contribution in [-0.4, -0.2) is 67.3 Å². The van der Waals surface area contributed by atoms with Gasteiger partial charge in [-0.25, -0.2) is 0 Å². The standard InChI is InChI=1S/C22H32N2O3/c1-26-20-5-4-16-27-22(20)10-14-24(15-11-22)21(25)19-8-6-18(7-9-19)17-23-12-2-3-13-23/h6-9,20H,2-5,10-17H2,1H3. The van der Waals surface area contributed by atoms with Gasteiger partial charge in [-0.15, -0.1) is 0 Å². The number of hydrogen-bond donors (Lipinski definition) is 0. The van der Waals surface area contributed by atoms with E-state index in [4.69, 9.17) is 9.47 Å². The summed E-state index contributed by atoms with van der Waals surface area (Å²) in [4.78, 5) is 17.4. The van der Waals surface area contributed by atoms with Crippen molar-refractivity contribution in [3.8, 4) is 0 Å². The molecule has 3 aliphatic rings. The van der Waals surface area contributed by atoms with Crippen molar-refractivity contribution in [3.63, 3.8) is 0 Å². The summed E-state index contributed by atoms with van der Waals surface area (Å²) in [6, 6.07) is 8.21. The number of carbonyl (C=O) groups is 1. The maximum absolute atomic E-state index is 12.9. The van der Waals surface area contributed by atoms with Gasteiger partial charge >= 0.3 is 0 Å². The Bertz CT molecular complexity index is 631. The molecule has 0 aliphatic carbocycles. The number of amides is 1. The van der Waals surface area contributed by atoms with Crippen molar-refractivity contribution in [3.05, 3.63) is 35.4 Å². The van der Waals surface area contributed by atoms with Crippen LogP contribution in [0.2, 0.25) is 0 Å². The lowest BCUT2D eigenvalue weighted by Crippen LogP contribution is -2.56. The van der Waals surface area contributed by atoms with E-state index in [1.54, 1.807) is 7.11 Å². The molecule has 0 N–H and O–H groups in total. The molecule has 3 fully saturated rings. The number of benzene rings is 1. The fraction of sp³-hybridized carbons (Fsp3) is 0.682. The summed E-state index contributed by atoms with van der Waals surface area (Å²) in [7, 11) is 1.78. The number of piperidine rings is 1. The second kappa shape index (κ2) is 8.29. The first-order valence-electron chi connectivity index (χ1n) is 10.5. The van der Waals surface area contributed by atoms with E-state index in [-0.39, 0.29) is 17.6 Å². The fourth-order valence-corrected chi connectivity index (χ4v) is 4.92. The van der Waals surface area contributed by atoms with Gasteiger partial charge in [0.15, 0.2) is 0 Å². The molecule has 0 aromatic heterocycles. The molecule has 148 valence electrons. The summed E-state index contributed by atoms with van der Waals surface area (Å²) >= 11 is 0. The zero-order valence-corrected chi connectivity index (χ0v) is 16.5. The molecule has 1 amide bonds. The SMILES string of the molecule is COC1CCCOC12CCN(C(=O)c1ccc(CN3CCCC3)cc1)CC2. The summed E-state index contributed by atoms with van der Waals surface area (Å²) in [6.45, 7) is 5.69. The Morgan fingerprint density at radius 1 is 1.11 bits per heavy atom.